The van der Waals surface area contributed by atoms with Gasteiger partial charge in [0, 0.05) is 6.07 Å². The molecule has 0 spiro atoms. The van der Waals surface area contributed by atoms with Crippen molar-refractivity contribution in [1.29, 1.82) is 5.26 Å². The molecule has 6 rings (SSSR count). The largest absolute Gasteiger partial charge is 0.480 e. The number of nitrogens with zero attached hydrogens (tertiary/aromatic N) is 4. The average molecular weight is 520 g/mol. The molecule has 2 aliphatic heterocycles. The number of nitrogens with one attached hydrogen (secondary N) is 2. The molecule has 2 fully saturated rings. The topological polar surface area (TPSA) is 165 Å². The van der Waals surface area contributed by atoms with Crippen molar-refractivity contribution < 1.29 is 23.8 Å². The first-order chi connectivity index (χ1) is 18.4. The Labute approximate surface area is 219 Å². The van der Waals surface area contributed by atoms with Crippen LogP contribution >= 0.6 is 0 Å². The minimum absolute atomic E-state index is 0.0526. The van der Waals surface area contributed by atoms with Gasteiger partial charge < -0.3 is 30.6 Å². The molecule has 0 bridgehead atoms. The molecule has 0 radical (unpaired) electrons. The molecule has 1 saturated heterocycles. The zero-order valence-corrected chi connectivity index (χ0v) is 20.9. The summed E-state index contributed by atoms with van der Waals surface area (Å²) < 4.78 is 16.7. The van der Waals surface area contributed by atoms with E-state index in [1.807, 2.05) is 6.07 Å². The Morgan fingerprint density at radius 1 is 1.29 bits per heavy atom. The number of amides is 2. The summed E-state index contributed by atoms with van der Waals surface area (Å²) in [5.74, 6) is 1.71. The van der Waals surface area contributed by atoms with Crippen LogP contribution in [0.2, 0.25) is 0 Å². The molecule has 2 atom stereocenters. The summed E-state index contributed by atoms with van der Waals surface area (Å²) in [4.78, 5) is 34.2. The lowest BCUT2D eigenvalue weighted by molar-refractivity contribution is -0.118. The molecule has 12 heteroatoms. The lowest BCUT2D eigenvalue weighted by Gasteiger charge is -2.19. The van der Waals surface area contributed by atoms with Gasteiger partial charge in [0.25, 0.3) is 5.91 Å². The molecule has 4 heterocycles. The first-order valence-electron chi connectivity index (χ1n) is 12.9. The molecule has 2 aromatic heterocycles. The van der Waals surface area contributed by atoms with Crippen molar-refractivity contribution in [3.05, 3.63) is 35.0 Å². The van der Waals surface area contributed by atoms with E-state index in [1.54, 1.807) is 12.1 Å². The number of pyridine rings is 2. The summed E-state index contributed by atoms with van der Waals surface area (Å²) in [5.41, 5.74) is 8.41. The highest BCUT2D eigenvalue weighted by Gasteiger charge is 2.39. The van der Waals surface area contributed by atoms with Gasteiger partial charge in [0.1, 0.15) is 30.3 Å². The summed E-state index contributed by atoms with van der Waals surface area (Å²) in [7, 11) is 0. The summed E-state index contributed by atoms with van der Waals surface area (Å²) in [6, 6.07) is 7.52. The van der Waals surface area contributed by atoms with Gasteiger partial charge in [0.05, 0.1) is 12.1 Å². The van der Waals surface area contributed by atoms with E-state index in [9.17, 15) is 14.9 Å². The molecular formula is C26H29N7O5. The maximum Gasteiger partial charge on any atom is 0.415 e. The summed E-state index contributed by atoms with van der Waals surface area (Å²) >= 11 is 0. The molecule has 2 amide bonds. The average Bonchev–Trinajstić information content (AvgIpc) is 3.32. The molecule has 2 unspecified atom stereocenters. The minimum Gasteiger partial charge on any atom is -0.480 e. The number of carbonyl (C=O) groups is 2. The number of fused-ring (bicyclic) bond motifs is 2. The summed E-state index contributed by atoms with van der Waals surface area (Å²) in [6.07, 6.45) is 3.45. The number of nitrogens with two attached hydrogens (primary N) is 1. The van der Waals surface area contributed by atoms with Crippen molar-refractivity contribution >= 4 is 23.6 Å². The third-order valence-electron chi connectivity index (χ3n) is 7.39. The van der Waals surface area contributed by atoms with E-state index >= 15 is 0 Å². The molecule has 2 aromatic rings. The second-order valence-corrected chi connectivity index (χ2v) is 10.4. The minimum atomic E-state index is -0.464. The summed E-state index contributed by atoms with van der Waals surface area (Å²) in [6.45, 7) is 2.20. The van der Waals surface area contributed by atoms with Crippen LogP contribution in [0.5, 0.6) is 11.6 Å². The highest BCUT2D eigenvalue weighted by atomic mass is 16.6. The number of aromatic nitrogens is 2. The van der Waals surface area contributed by atoms with Gasteiger partial charge in [-0.05, 0) is 74.4 Å². The SMILES string of the molecule is N#Cc1nc(OCC2(N)CC2)cc2c1CC(CNCCC1CN(c3ccc4c(n3)NC(=O)CO4)C(=O)O1)C2. The number of hydrogen-bond donors (Lipinski definition) is 3. The standard InChI is InChI=1S/C26H29N7O5/c27-10-19-18-8-15(7-16(18)9-23(30-19)37-14-26(28)4-5-26)11-29-6-3-17-12-33(25(35)38-17)21-2-1-20-24(31-21)32-22(34)13-36-20/h1-2,9,15,17,29H,3-8,11-14,28H2,(H,31,32,34). The second-order valence-electron chi connectivity index (χ2n) is 10.4. The molecule has 198 valence electrons. The van der Waals surface area contributed by atoms with E-state index in [0.717, 1.165) is 43.4 Å². The van der Waals surface area contributed by atoms with E-state index in [0.29, 0.717) is 61.0 Å². The van der Waals surface area contributed by atoms with E-state index in [-0.39, 0.29) is 24.2 Å². The number of ether oxygens (including phenoxy) is 3. The van der Waals surface area contributed by atoms with Gasteiger partial charge >= 0.3 is 6.09 Å². The van der Waals surface area contributed by atoms with Crippen LogP contribution in [0.15, 0.2) is 18.2 Å². The van der Waals surface area contributed by atoms with Crippen LogP contribution in [0.1, 0.15) is 36.1 Å². The number of carbonyl (C=O) groups excluding carboxylic acids is 2. The van der Waals surface area contributed by atoms with Gasteiger partial charge in [-0.3, -0.25) is 9.69 Å². The van der Waals surface area contributed by atoms with Crippen LogP contribution in [0.25, 0.3) is 0 Å². The molecule has 0 aromatic carbocycles. The maximum absolute atomic E-state index is 12.5. The van der Waals surface area contributed by atoms with E-state index in [2.05, 4.69) is 26.7 Å². The fourth-order valence-corrected chi connectivity index (χ4v) is 5.05. The third-order valence-corrected chi connectivity index (χ3v) is 7.39. The monoisotopic (exact) mass is 519 g/mol. The highest BCUT2D eigenvalue weighted by molar-refractivity contribution is 5.95. The van der Waals surface area contributed by atoms with E-state index in [1.165, 1.54) is 4.90 Å². The fraction of sp³-hybridized carbons (Fsp3) is 0.500. The number of rotatable bonds is 9. The van der Waals surface area contributed by atoms with Gasteiger partial charge in [-0.1, -0.05) is 0 Å². The van der Waals surface area contributed by atoms with Crippen molar-refractivity contribution in [1.82, 2.24) is 15.3 Å². The number of nitriles is 1. The molecule has 12 nitrogen and oxygen atoms in total. The van der Waals surface area contributed by atoms with Crippen molar-refractivity contribution in [2.45, 2.75) is 43.7 Å². The lowest BCUT2D eigenvalue weighted by Crippen LogP contribution is -2.30. The molecule has 38 heavy (non-hydrogen) atoms. The van der Waals surface area contributed by atoms with Crippen molar-refractivity contribution in [2.75, 3.05) is 43.1 Å². The van der Waals surface area contributed by atoms with Gasteiger partial charge in [0.2, 0.25) is 5.88 Å². The Hall–Kier alpha value is -3.95. The van der Waals surface area contributed by atoms with Crippen LogP contribution in [0.3, 0.4) is 0 Å². The second kappa shape index (κ2) is 9.74. The molecular weight excluding hydrogens is 490 g/mol. The number of anilines is 2. The lowest BCUT2D eigenvalue weighted by atomic mass is 10.1. The normalized spacial score (nSPS) is 22.6. The van der Waals surface area contributed by atoms with Crippen LogP contribution < -0.4 is 30.7 Å². The van der Waals surface area contributed by atoms with Gasteiger partial charge in [0.15, 0.2) is 18.2 Å². The van der Waals surface area contributed by atoms with Crippen LogP contribution in [0.4, 0.5) is 16.4 Å². The molecule has 4 N–H and O–H groups in total. The van der Waals surface area contributed by atoms with Gasteiger partial charge in [-0.2, -0.15) is 5.26 Å². The van der Waals surface area contributed by atoms with Crippen molar-refractivity contribution in [3.63, 3.8) is 0 Å². The van der Waals surface area contributed by atoms with Crippen molar-refractivity contribution in [3.8, 4) is 17.7 Å². The van der Waals surface area contributed by atoms with E-state index in [4.69, 9.17) is 19.9 Å². The van der Waals surface area contributed by atoms with Crippen molar-refractivity contribution in [2.24, 2.45) is 11.7 Å². The third kappa shape index (κ3) is 5.07. The quantitative estimate of drug-likeness (QED) is 0.411. The first kappa shape index (κ1) is 24.4. The first-order valence-corrected chi connectivity index (χ1v) is 12.9. The Bertz CT molecular complexity index is 1320. The Balaban J connectivity index is 0.978. The number of hydrogen-bond acceptors (Lipinski definition) is 10. The van der Waals surface area contributed by atoms with Gasteiger partial charge in [-0.15, -0.1) is 0 Å². The van der Waals surface area contributed by atoms with Crippen LogP contribution in [-0.4, -0.2) is 66.5 Å². The highest BCUT2D eigenvalue weighted by Crippen LogP contribution is 2.35. The molecule has 2 aliphatic carbocycles. The smallest absolute Gasteiger partial charge is 0.415 e. The summed E-state index contributed by atoms with van der Waals surface area (Å²) in [5, 5.41) is 15.7. The van der Waals surface area contributed by atoms with Crippen LogP contribution in [0, 0.1) is 17.2 Å². The van der Waals surface area contributed by atoms with Crippen LogP contribution in [-0.2, 0) is 22.4 Å². The molecule has 1 saturated carbocycles. The zero-order chi connectivity index (χ0) is 26.3. The maximum atomic E-state index is 12.5. The Morgan fingerprint density at radius 2 is 2.16 bits per heavy atom. The predicted octanol–water partition coefficient (Wildman–Crippen LogP) is 1.27. The fourth-order valence-electron chi connectivity index (χ4n) is 5.05. The van der Waals surface area contributed by atoms with E-state index < -0.39 is 6.09 Å². The van der Waals surface area contributed by atoms with Gasteiger partial charge in [-0.25, -0.2) is 14.8 Å². The Morgan fingerprint density at radius 3 is 2.97 bits per heavy atom. The molecule has 4 aliphatic rings. The Kier molecular flexibility index (Phi) is 6.25. The zero-order valence-electron chi connectivity index (χ0n) is 20.9. The number of cyclic esters (lactones) is 1. The predicted molar refractivity (Wildman–Crippen MR) is 135 cm³/mol.